The van der Waals surface area contributed by atoms with Crippen LogP contribution in [0.3, 0.4) is 0 Å². The van der Waals surface area contributed by atoms with Crippen molar-refractivity contribution in [2.24, 2.45) is 0 Å². The molecule has 0 aromatic heterocycles. The van der Waals surface area contributed by atoms with Gasteiger partial charge in [-0.05, 0) is 29.2 Å². The summed E-state index contributed by atoms with van der Waals surface area (Å²) >= 11 is 0. The second-order valence-electron chi connectivity index (χ2n) is 5.43. The minimum atomic E-state index is -1.13. The molecule has 0 amide bonds. The Morgan fingerprint density at radius 1 is 1.14 bits per heavy atom. The molecule has 0 fully saturated rings. The predicted octanol–water partition coefficient (Wildman–Crippen LogP) is 4.02. The van der Waals surface area contributed by atoms with Gasteiger partial charge in [-0.1, -0.05) is 50.2 Å². The molecule has 116 valence electrons. The van der Waals surface area contributed by atoms with Crippen LogP contribution in [0.15, 0.2) is 48.5 Å². The molecule has 0 saturated heterocycles. The molecular weight excluding hydrogens is 283 g/mol. The van der Waals surface area contributed by atoms with Gasteiger partial charge in [0.1, 0.15) is 11.6 Å². The minimum absolute atomic E-state index is 0.0194. The molecule has 0 heterocycles. The first-order chi connectivity index (χ1) is 10.5. The molecule has 0 saturated carbocycles. The van der Waals surface area contributed by atoms with E-state index in [1.54, 1.807) is 30.3 Å². The summed E-state index contributed by atoms with van der Waals surface area (Å²) in [5, 5.41) is 9.37. The monoisotopic (exact) mass is 302 g/mol. The van der Waals surface area contributed by atoms with E-state index in [-0.39, 0.29) is 12.3 Å². The van der Waals surface area contributed by atoms with E-state index in [1.165, 1.54) is 6.07 Å². The average Bonchev–Trinajstić information content (AvgIpc) is 2.49. The summed E-state index contributed by atoms with van der Waals surface area (Å²) in [6.45, 7) is 4.02. The van der Waals surface area contributed by atoms with Crippen molar-refractivity contribution in [3.05, 3.63) is 65.5 Å². The second kappa shape index (κ2) is 7.07. The smallest absolute Gasteiger partial charge is 0.345 e. The minimum Gasteiger partial charge on any atom is -0.478 e. The largest absolute Gasteiger partial charge is 0.478 e. The summed E-state index contributed by atoms with van der Waals surface area (Å²) in [7, 11) is 0. The van der Waals surface area contributed by atoms with Gasteiger partial charge in [-0.3, -0.25) is 0 Å². The molecule has 0 spiro atoms. The van der Waals surface area contributed by atoms with Crippen LogP contribution in [-0.4, -0.2) is 17.2 Å². The summed E-state index contributed by atoms with van der Waals surface area (Å²) in [5.74, 6) is -0.795. The number of ether oxygens (including phenoxy) is 1. The normalized spacial score (nSPS) is 12.2. The summed E-state index contributed by atoms with van der Waals surface area (Å²) in [6, 6.07) is 13.5. The van der Waals surface area contributed by atoms with Gasteiger partial charge < -0.3 is 9.84 Å². The van der Waals surface area contributed by atoms with E-state index >= 15 is 0 Å². The van der Waals surface area contributed by atoms with Crippen LogP contribution in [-0.2, 0) is 11.2 Å². The lowest BCUT2D eigenvalue weighted by molar-refractivity contribution is -0.145. The van der Waals surface area contributed by atoms with Crippen molar-refractivity contribution in [3.63, 3.8) is 0 Å². The zero-order valence-electron chi connectivity index (χ0n) is 12.6. The predicted molar refractivity (Wildman–Crippen MR) is 82.7 cm³/mol. The number of aliphatic carboxylic acids is 1. The van der Waals surface area contributed by atoms with Crippen molar-refractivity contribution < 1.29 is 19.0 Å². The molecule has 2 aromatic rings. The van der Waals surface area contributed by atoms with Crippen molar-refractivity contribution in [2.45, 2.75) is 32.3 Å². The maximum absolute atomic E-state index is 13.7. The van der Waals surface area contributed by atoms with Crippen molar-refractivity contribution in [2.75, 3.05) is 0 Å². The van der Waals surface area contributed by atoms with Crippen LogP contribution in [0.1, 0.15) is 30.9 Å². The Kier molecular flexibility index (Phi) is 5.15. The first-order valence-corrected chi connectivity index (χ1v) is 7.21. The summed E-state index contributed by atoms with van der Waals surface area (Å²) < 4.78 is 19.4. The molecule has 2 aromatic carbocycles. The van der Waals surface area contributed by atoms with Crippen molar-refractivity contribution in [1.29, 1.82) is 0 Å². The van der Waals surface area contributed by atoms with Crippen molar-refractivity contribution in [3.8, 4) is 5.75 Å². The number of para-hydroxylation sites is 1. The number of benzene rings is 2. The van der Waals surface area contributed by atoms with Gasteiger partial charge in [-0.15, -0.1) is 0 Å². The highest BCUT2D eigenvalue weighted by atomic mass is 19.1. The molecule has 0 aliphatic rings. The lowest BCUT2D eigenvalue weighted by Crippen LogP contribution is -2.30. The third kappa shape index (κ3) is 3.85. The number of halogens is 1. The maximum Gasteiger partial charge on any atom is 0.345 e. The third-order valence-electron chi connectivity index (χ3n) is 3.45. The maximum atomic E-state index is 13.7. The van der Waals surface area contributed by atoms with Crippen LogP contribution in [0, 0.1) is 5.82 Å². The highest BCUT2D eigenvalue weighted by Gasteiger charge is 2.23. The Hall–Kier alpha value is -2.36. The van der Waals surface area contributed by atoms with Crippen LogP contribution in [0.4, 0.5) is 4.39 Å². The van der Waals surface area contributed by atoms with Crippen LogP contribution >= 0.6 is 0 Å². The van der Waals surface area contributed by atoms with E-state index in [1.807, 2.05) is 26.0 Å². The average molecular weight is 302 g/mol. The Morgan fingerprint density at radius 2 is 1.77 bits per heavy atom. The lowest BCUT2D eigenvalue weighted by Gasteiger charge is -2.19. The number of rotatable bonds is 6. The molecule has 0 aliphatic carbocycles. The number of carbonyl (C=O) groups is 1. The van der Waals surface area contributed by atoms with E-state index in [2.05, 4.69) is 0 Å². The molecule has 4 heteroatoms. The Bertz CT molecular complexity index is 652. The first kappa shape index (κ1) is 16.0. The highest BCUT2D eigenvalue weighted by Crippen LogP contribution is 2.27. The van der Waals surface area contributed by atoms with E-state index in [4.69, 9.17) is 4.74 Å². The Balaban J connectivity index is 2.24. The molecule has 0 unspecified atom stereocenters. The van der Waals surface area contributed by atoms with E-state index in [0.29, 0.717) is 11.3 Å². The van der Waals surface area contributed by atoms with E-state index in [9.17, 15) is 14.3 Å². The fourth-order valence-electron chi connectivity index (χ4n) is 2.26. The van der Waals surface area contributed by atoms with E-state index in [0.717, 1.165) is 5.56 Å². The van der Waals surface area contributed by atoms with Gasteiger partial charge in [0.05, 0.1) is 0 Å². The fraction of sp³-hybridized carbons (Fsp3) is 0.278. The molecular formula is C18H19FO3. The fourth-order valence-corrected chi connectivity index (χ4v) is 2.26. The van der Waals surface area contributed by atoms with Crippen LogP contribution in [0.2, 0.25) is 0 Å². The number of hydrogen-bond acceptors (Lipinski definition) is 2. The topological polar surface area (TPSA) is 46.5 Å². The van der Waals surface area contributed by atoms with Gasteiger partial charge in [-0.25, -0.2) is 9.18 Å². The zero-order chi connectivity index (χ0) is 16.1. The second-order valence-corrected chi connectivity index (χ2v) is 5.43. The number of carboxylic acids is 1. The molecule has 3 nitrogen and oxygen atoms in total. The SMILES string of the molecule is CC(C)c1ccccc1O[C@@H](Cc1ccccc1F)C(=O)O. The summed E-state index contributed by atoms with van der Waals surface area (Å²) in [4.78, 5) is 11.5. The molecule has 2 rings (SSSR count). The summed E-state index contributed by atoms with van der Waals surface area (Å²) in [5.41, 5.74) is 1.26. The molecule has 22 heavy (non-hydrogen) atoms. The van der Waals surface area contributed by atoms with Gasteiger partial charge >= 0.3 is 5.97 Å². The Labute approximate surface area is 129 Å². The lowest BCUT2D eigenvalue weighted by atomic mass is 10.0. The molecule has 0 radical (unpaired) electrons. The van der Waals surface area contributed by atoms with Crippen molar-refractivity contribution >= 4 is 5.97 Å². The van der Waals surface area contributed by atoms with Crippen molar-refractivity contribution in [1.82, 2.24) is 0 Å². The van der Waals surface area contributed by atoms with Gasteiger partial charge in [0.15, 0.2) is 6.10 Å². The Morgan fingerprint density at radius 3 is 2.41 bits per heavy atom. The number of carboxylic acid groups (broad SMARTS) is 1. The zero-order valence-corrected chi connectivity index (χ0v) is 12.6. The number of hydrogen-bond donors (Lipinski definition) is 1. The highest BCUT2D eigenvalue weighted by molar-refractivity contribution is 5.73. The van der Waals surface area contributed by atoms with Crippen LogP contribution in [0.25, 0.3) is 0 Å². The molecule has 0 bridgehead atoms. The molecule has 0 aliphatic heterocycles. The van der Waals surface area contributed by atoms with Crippen LogP contribution < -0.4 is 4.74 Å². The van der Waals surface area contributed by atoms with E-state index < -0.39 is 17.9 Å². The quantitative estimate of drug-likeness (QED) is 0.876. The van der Waals surface area contributed by atoms with Gasteiger partial charge in [0, 0.05) is 6.42 Å². The standard InChI is InChI=1S/C18H19FO3/c1-12(2)14-8-4-6-10-16(14)22-17(18(20)21)11-13-7-3-5-9-15(13)19/h3-10,12,17H,11H2,1-2H3,(H,20,21)/t17-/m0/s1. The van der Waals surface area contributed by atoms with Gasteiger partial charge in [-0.2, -0.15) is 0 Å². The molecule has 1 atom stereocenters. The first-order valence-electron chi connectivity index (χ1n) is 7.21. The van der Waals surface area contributed by atoms with Gasteiger partial charge in [0.2, 0.25) is 0 Å². The van der Waals surface area contributed by atoms with Crippen LogP contribution in [0.5, 0.6) is 5.75 Å². The third-order valence-corrected chi connectivity index (χ3v) is 3.45. The summed E-state index contributed by atoms with van der Waals surface area (Å²) in [6.07, 6.45) is -1.15. The molecule has 1 N–H and O–H groups in total. The van der Waals surface area contributed by atoms with Gasteiger partial charge in [0.25, 0.3) is 0 Å².